The molecule has 0 radical (unpaired) electrons. The summed E-state index contributed by atoms with van der Waals surface area (Å²) in [5.41, 5.74) is 2.41. The molecule has 1 heterocycles. The summed E-state index contributed by atoms with van der Waals surface area (Å²) in [6.45, 7) is 1.43. The van der Waals surface area contributed by atoms with Gasteiger partial charge in [0.2, 0.25) is 0 Å². The first-order chi connectivity index (χ1) is 9.28. The number of pyridine rings is 1. The van der Waals surface area contributed by atoms with Crippen molar-refractivity contribution in [1.29, 1.82) is 5.26 Å². The third-order valence-electron chi connectivity index (χ3n) is 2.75. The SMILES string of the molecule is N#Cc1cc(CNCCc2cccc(F)c2)ccn1. The van der Waals surface area contributed by atoms with Crippen LogP contribution in [0.2, 0.25) is 0 Å². The number of benzene rings is 1. The van der Waals surface area contributed by atoms with Crippen LogP contribution in [-0.4, -0.2) is 11.5 Å². The van der Waals surface area contributed by atoms with E-state index >= 15 is 0 Å². The fourth-order valence-electron chi connectivity index (χ4n) is 1.80. The van der Waals surface area contributed by atoms with Crippen LogP contribution < -0.4 is 5.32 Å². The summed E-state index contributed by atoms with van der Waals surface area (Å²) in [6, 6.07) is 12.2. The lowest BCUT2D eigenvalue weighted by Crippen LogP contribution is -2.16. The summed E-state index contributed by atoms with van der Waals surface area (Å²) in [5, 5.41) is 12.0. The van der Waals surface area contributed by atoms with E-state index in [1.165, 1.54) is 6.07 Å². The largest absolute Gasteiger partial charge is 0.312 e. The van der Waals surface area contributed by atoms with E-state index in [1.54, 1.807) is 24.4 Å². The number of hydrogen-bond acceptors (Lipinski definition) is 3. The van der Waals surface area contributed by atoms with E-state index in [-0.39, 0.29) is 5.82 Å². The molecule has 3 nitrogen and oxygen atoms in total. The maximum atomic E-state index is 13.0. The summed E-state index contributed by atoms with van der Waals surface area (Å²) < 4.78 is 13.0. The molecule has 0 amide bonds. The highest BCUT2D eigenvalue weighted by Gasteiger charge is 1.98. The topological polar surface area (TPSA) is 48.7 Å². The zero-order valence-corrected chi connectivity index (χ0v) is 10.4. The molecule has 0 atom stereocenters. The van der Waals surface area contributed by atoms with Gasteiger partial charge in [-0.05, 0) is 48.4 Å². The van der Waals surface area contributed by atoms with Crippen molar-refractivity contribution in [1.82, 2.24) is 10.3 Å². The van der Waals surface area contributed by atoms with E-state index in [0.29, 0.717) is 12.2 Å². The second kappa shape index (κ2) is 6.62. The standard InChI is InChI=1S/C15H14FN3/c16-14-3-1-2-12(8-14)4-6-18-11-13-5-7-19-15(9-13)10-17/h1-3,5,7-9,18H,4,6,11H2. The van der Waals surface area contributed by atoms with Crippen molar-refractivity contribution in [3.63, 3.8) is 0 Å². The van der Waals surface area contributed by atoms with Crippen molar-refractivity contribution < 1.29 is 4.39 Å². The molecule has 1 aromatic heterocycles. The predicted octanol–water partition coefficient (Wildman–Crippen LogP) is 2.42. The van der Waals surface area contributed by atoms with Gasteiger partial charge in [0.1, 0.15) is 17.6 Å². The minimum Gasteiger partial charge on any atom is -0.312 e. The number of rotatable bonds is 5. The fourth-order valence-corrected chi connectivity index (χ4v) is 1.80. The molecule has 0 aliphatic heterocycles. The van der Waals surface area contributed by atoms with Crippen LogP contribution in [0.5, 0.6) is 0 Å². The van der Waals surface area contributed by atoms with Crippen molar-refractivity contribution in [2.45, 2.75) is 13.0 Å². The van der Waals surface area contributed by atoms with E-state index in [1.807, 2.05) is 18.2 Å². The van der Waals surface area contributed by atoms with E-state index < -0.39 is 0 Å². The summed E-state index contributed by atoms with van der Waals surface area (Å²) >= 11 is 0. The van der Waals surface area contributed by atoms with Crippen LogP contribution in [0.1, 0.15) is 16.8 Å². The van der Waals surface area contributed by atoms with Gasteiger partial charge in [-0.1, -0.05) is 12.1 Å². The van der Waals surface area contributed by atoms with Gasteiger partial charge >= 0.3 is 0 Å². The highest BCUT2D eigenvalue weighted by Crippen LogP contribution is 2.04. The van der Waals surface area contributed by atoms with Gasteiger partial charge in [-0.25, -0.2) is 9.37 Å². The number of nitriles is 1. The molecule has 0 aliphatic carbocycles. The van der Waals surface area contributed by atoms with Crippen molar-refractivity contribution in [3.05, 3.63) is 65.2 Å². The Morgan fingerprint density at radius 3 is 2.89 bits per heavy atom. The van der Waals surface area contributed by atoms with Gasteiger partial charge in [-0.15, -0.1) is 0 Å². The predicted molar refractivity (Wildman–Crippen MR) is 70.8 cm³/mol. The van der Waals surface area contributed by atoms with E-state index in [0.717, 1.165) is 24.1 Å². The Kier molecular flexibility index (Phi) is 4.60. The lowest BCUT2D eigenvalue weighted by atomic mass is 10.1. The first-order valence-electron chi connectivity index (χ1n) is 6.08. The third kappa shape index (κ3) is 4.16. The Bertz CT molecular complexity index is 590. The number of nitrogens with zero attached hydrogens (tertiary/aromatic N) is 2. The second-order valence-electron chi connectivity index (χ2n) is 4.22. The van der Waals surface area contributed by atoms with Gasteiger partial charge < -0.3 is 5.32 Å². The molecule has 1 N–H and O–H groups in total. The van der Waals surface area contributed by atoms with Crippen LogP contribution in [0, 0.1) is 17.1 Å². The molecule has 19 heavy (non-hydrogen) atoms. The normalized spacial score (nSPS) is 10.1. The van der Waals surface area contributed by atoms with E-state index in [9.17, 15) is 4.39 Å². The Balaban J connectivity index is 1.79. The van der Waals surface area contributed by atoms with Crippen molar-refractivity contribution >= 4 is 0 Å². The fraction of sp³-hybridized carbons (Fsp3) is 0.200. The summed E-state index contributed by atoms with van der Waals surface area (Å²) in [7, 11) is 0. The number of aromatic nitrogens is 1. The molecular formula is C15H14FN3. The van der Waals surface area contributed by atoms with Crippen molar-refractivity contribution in [3.8, 4) is 6.07 Å². The minimum atomic E-state index is -0.203. The van der Waals surface area contributed by atoms with Crippen LogP contribution in [0.3, 0.4) is 0 Å². The highest BCUT2D eigenvalue weighted by atomic mass is 19.1. The Labute approximate surface area is 111 Å². The Hall–Kier alpha value is -2.25. The molecule has 0 aliphatic rings. The zero-order valence-electron chi connectivity index (χ0n) is 10.4. The molecule has 2 rings (SSSR count). The monoisotopic (exact) mass is 255 g/mol. The van der Waals surface area contributed by atoms with Crippen LogP contribution in [0.25, 0.3) is 0 Å². The molecule has 0 fully saturated rings. The van der Waals surface area contributed by atoms with Gasteiger partial charge in [0.15, 0.2) is 0 Å². The quantitative estimate of drug-likeness (QED) is 0.835. The Morgan fingerprint density at radius 1 is 1.21 bits per heavy atom. The smallest absolute Gasteiger partial charge is 0.140 e. The van der Waals surface area contributed by atoms with Gasteiger partial charge in [-0.2, -0.15) is 5.26 Å². The van der Waals surface area contributed by atoms with Crippen LogP contribution in [0.15, 0.2) is 42.6 Å². The van der Waals surface area contributed by atoms with E-state index in [4.69, 9.17) is 5.26 Å². The summed E-state index contributed by atoms with van der Waals surface area (Å²) in [6.07, 6.45) is 2.40. The molecule has 0 saturated carbocycles. The minimum absolute atomic E-state index is 0.203. The van der Waals surface area contributed by atoms with Crippen LogP contribution in [-0.2, 0) is 13.0 Å². The van der Waals surface area contributed by atoms with Gasteiger partial charge in [0.25, 0.3) is 0 Å². The molecule has 0 spiro atoms. The number of halogens is 1. The third-order valence-corrected chi connectivity index (χ3v) is 2.75. The summed E-state index contributed by atoms with van der Waals surface area (Å²) in [5.74, 6) is -0.203. The van der Waals surface area contributed by atoms with Gasteiger partial charge in [0.05, 0.1) is 0 Å². The average molecular weight is 255 g/mol. The second-order valence-corrected chi connectivity index (χ2v) is 4.22. The maximum Gasteiger partial charge on any atom is 0.140 e. The molecule has 0 bridgehead atoms. The van der Waals surface area contributed by atoms with Gasteiger partial charge in [0, 0.05) is 12.7 Å². The van der Waals surface area contributed by atoms with Gasteiger partial charge in [-0.3, -0.25) is 0 Å². The number of nitrogens with one attached hydrogen (secondary N) is 1. The molecule has 1 aromatic carbocycles. The lowest BCUT2D eigenvalue weighted by molar-refractivity contribution is 0.622. The first-order valence-corrected chi connectivity index (χ1v) is 6.08. The Morgan fingerprint density at radius 2 is 2.11 bits per heavy atom. The van der Waals surface area contributed by atoms with Crippen molar-refractivity contribution in [2.75, 3.05) is 6.54 Å². The zero-order chi connectivity index (χ0) is 13.5. The van der Waals surface area contributed by atoms with Crippen molar-refractivity contribution in [2.24, 2.45) is 0 Å². The average Bonchev–Trinajstić information content (AvgIpc) is 2.44. The molecule has 0 unspecified atom stereocenters. The summed E-state index contributed by atoms with van der Waals surface area (Å²) in [4.78, 5) is 3.91. The lowest BCUT2D eigenvalue weighted by Gasteiger charge is -2.05. The molecule has 4 heteroatoms. The van der Waals surface area contributed by atoms with Crippen LogP contribution in [0.4, 0.5) is 4.39 Å². The highest BCUT2D eigenvalue weighted by molar-refractivity contribution is 5.25. The van der Waals surface area contributed by atoms with Crippen LogP contribution >= 0.6 is 0 Å². The van der Waals surface area contributed by atoms with E-state index in [2.05, 4.69) is 10.3 Å². The first kappa shape index (κ1) is 13.2. The maximum absolute atomic E-state index is 13.0. The number of hydrogen-bond donors (Lipinski definition) is 1. The molecule has 2 aromatic rings. The molecule has 0 saturated heterocycles. The molecule has 96 valence electrons. The molecular weight excluding hydrogens is 241 g/mol.